The van der Waals surface area contributed by atoms with E-state index < -0.39 is 24.3 Å². The van der Waals surface area contributed by atoms with Crippen molar-refractivity contribution in [2.45, 2.75) is 6.92 Å². The number of nitriles is 1. The van der Waals surface area contributed by atoms with Gasteiger partial charge in [-0.1, -0.05) is 24.3 Å². The summed E-state index contributed by atoms with van der Waals surface area (Å²) in [6, 6.07) is 22.6. The van der Waals surface area contributed by atoms with Gasteiger partial charge in [0.15, 0.2) is 0 Å². The summed E-state index contributed by atoms with van der Waals surface area (Å²) in [5.74, 6) is -2.80. The number of carbonyl (C=O) groups excluding carboxylic acids is 2. The maximum absolute atomic E-state index is 12.8. The topological polar surface area (TPSA) is 142 Å². The Morgan fingerprint density at radius 3 is 1.82 bits per heavy atom. The molecule has 0 spiro atoms. The van der Waals surface area contributed by atoms with E-state index in [4.69, 9.17) is 5.11 Å². The SMILES string of the molecule is CC1=C(C#N)C(=O)N(CC(=O)O)C(=O)/C1=C\C=C\c1ccc(N(c2ccc(O)cc2)c2ccc(O)cc2)cc1. The minimum absolute atomic E-state index is 0.0612. The van der Waals surface area contributed by atoms with E-state index in [-0.39, 0.29) is 28.2 Å². The lowest BCUT2D eigenvalue weighted by Crippen LogP contribution is -2.45. The van der Waals surface area contributed by atoms with Crippen molar-refractivity contribution in [3.63, 3.8) is 0 Å². The molecule has 0 unspecified atom stereocenters. The first kappa shape index (κ1) is 26.4. The number of aromatic hydroxyl groups is 2. The van der Waals surface area contributed by atoms with Gasteiger partial charge >= 0.3 is 5.97 Å². The van der Waals surface area contributed by atoms with Crippen LogP contribution in [0.4, 0.5) is 17.1 Å². The molecule has 194 valence electrons. The number of amides is 2. The van der Waals surface area contributed by atoms with E-state index in [1.807, 2.05) is 29.2 Å². The van der Waals surface area contributed by atoms with Gasteiger partial charge in [0.1, 0.15) is 29.7 Å². The number of rotatable bonds is 7. The van der Waals surface area contributed by atoms with Gasteiger partial charge in [-0.2, -0.15) is 5.26 Å². The second-order valence-electron chi connectivity index (χ2n) is 8.60. The van der Waals surface area contributed by atoms with Crippen LogP contribution in [0.1, 0.15) is 12.5 Å². The molecule has 0 aromatic heterocycles. The summed E-state index contributed by atoms with van der Waals surface area (Å²) in [4.78, 5) is 38.8. The second-order valence-corrected chi connectivity index (χ2v) is 8.60. The average Bonchev–Trinajstić information content (AvgIpc) is 2.92. The molecule has 4 rings (SSSR count). The minimum Gasteiger partial charge on any atom is -0.508 e. The molecular weight excluding hydrogens is 498 g/mol. The van der Waals surface area contributed by atoms with Gasteiger partial charge < -0.3 is 20.2 Å². The van der Waals surface area contributed by atoms with E-state index in [0.29, 0.717) is 4.90 Å². The molecule has 0 aliphatic carbocycles. The minimum atomic E-state index is -1.36. The summed E-state index contributed by atoms with van der Waals surface area (Å²) in [5, 5.41) is 37.8. The molecule has 2 amide bonds. The fourth-order valence-electron chi connectivity index (χ4n) is 4.08. The van der Waals surface area contributed by atoms with Crippen LogP contribution >= 0.6 is 0 Å². The number of hydrogen-bond acceptors (Lipinski definition) is 7. The van der Waals surface area contributed by atoms with Crippen molar-refractivity contribution in [2.75, 3.05) is 11.4 Å². The standard InChI is InChI=1S/C30H23N3O6/c1-19-26(29(38)32(18-28(36)37)30(39)27(19)17-31)4-2-3-20-5-7-21(8-6-20)33(22-9-13-24(34)14-10-22)23-11-15-25(35)16-12-23/h2-16,34-35H,18H2,1H3,(H,36,37)/b3-2+,26-4-. The lowest BCUT2D eigenvalue weighted by Gasteiger charge is -2.25. The van der Waals surface area contributed by atoms with E-state index in [1.165, 1.54) is 13.0 Å². The van der Waals surface area contributed by atoms with Gasteiger partial charge in [-0.25, -0.2) is 0 Å². The molecule has 0 atom stereocenters. The third kappa shape index (κ3) is 5.70. The van der Waals surface area contributed by atoms with Crippen LogP contribution in [-0.4, -0.2) is 44.5 Å². The molecule has 0 bridgehead atoms. The number of carboxylic acid groups (broad SMARTS) is 1. The Morgan fingerprint density at radius 2 is 1.36 bits per heavy atom. The molecular formula is C30H23N3O6. The summed E-state index contributed by atoms with van der Waals surface area (Å²) in [6.45, 7) is 0.638. The number of allylic oxidation sites excluding steroid dienone is 2. The van der Waals surface area contributed by atoms with Gasteiger partial charge in [0.05, 0.1) is 0 Å². The molecule has 9 nitrogen and oxygen atoms in total. The molecule has 39 heavy (non-hydrogen) atoms. The normalized spacial score (nSPS) is 14.7. The van der Waals surface area contributed by atoms with Gasteiger partial charge in [0, 0.05) is 22.6 Å². The van der Waals surface area contributed by atoms with Crippen molar-refractivity contribution < 1.29 is 29.7 Å². The zero-order valence-electron chi connectivity index (χ0n) is 20.8. The molecule has 9 heteroatoms. The Hall–Kier alpha value is -5.62. The Bertz CT molecular complexity index is 1520. The highest BCUT2D eigenvalue weighted by Crippen LogP contribution is 2.36. The van der Waals surface area contributed by atoms with Crippen molar-refractivity contribution in [1.29, 1.82) is 5.26 Å². The fraction of sp³-hybridized carbons (Fsp3) is 0.0667. The van der Waals surface area contributed by atoms with Gasteiger partial charge in [0.2, 0.25) is 0 Å². The Labute approximate surface area is 224 Å². The highest BCUT2D eigenvalue weighted by Gasteiger charge is 2.36. The maximum atomic E-state index is 12.8. The van der Waals surface area contributed by atoms with Crippen LogP contribution in [-0.2, 0) is 14.4 Å². The Kier molecular flexibility index (Phi) is 7.59. The van der Waals surface area contributed by atoms with Crippen molar-refractivity contribution in [3.05, 3.63) is 107 Å². The second kappa shape index (κ2) is 11.2. The van der Waals surface area contributed by atoms with Gasteiger partial charge in [0.25, 0.3) is 11.8 Å². The van der Waals surface area contributed by atoms with E-state index in [1.54, 1.807) is 66.8 Å². The third-order valence-corrected chi connectivity index (χ3v) is 6.04. The molecule has 0 saturated carbocycles. The Balaban J connectivity index is 1.63. The molecule has 3 aromatic carbocycles. The van der Waals surface area contributed by atoms with Crippen LogP contribution in [0.3, 0.4) is 0 Å². The van der Waals surface area contributed by atoms with Crippen molar-refractivity contribution >= 4 is 40.9 Å². The number of anilines is 3. The third-order valence-electron chi connectivity index (χ3n) is 6.04. The fourth-order valence-corrected chi connectivity index (χ4v) is 4.08. The first-order chi connectivity index (χ1) is 18.7. The van der Waals surface area contributed by atoms with Crippen LogP contribution in [0.2, 0.25) is 0 Å². The zero-order valence-corrected chi connectivity index (χ0v) is 20.8. The summed E-state index contributed by atoms with van der Waals surface area (Å²) >= 11 is 0. The average molecular weight is 522 g/mol. The zero-order chi connectivity index (χ0) is 28.1. The van der Waals surface area contributed by atoms with Gasteiger partial charge in [-0.05, 0) is 84.8 Å². The van der Waals surface area contributed by atoms with Gasteiger partial charge in [-0.15, -0.1) is 0 Å². The number of carbonyl (C=O) groups is 3. The number of phenols is 2. The van der Waals surface area contributed by atoms with Crippen LogP contribution < -0.4 is 4.90 Å². The summed E-state index contributed by atoms with van der Waals surface area (Å²) in [5.41, 5.74) is 3.15. The monoisotopic (exact) mass is 521 g/mol. The van der Waals surface area contributed by atoms with Crippen LogP contribution in [0.25, 0.3) is 6.08 Å². The number of nitrogens with zero attached hydrogens (tertiary/aromatic N) is 3. The molecule has 0 saturated heterocycles. The highest BCUT2D eigenvalue weighted by atomic mass is 16.4. The van der Waals surface area contributed by atoms with Crippen molar-refractivity contribution in [1.82, 2.24) is 4.90 Å². The molecule has 1 aliphatic heterocycles. The number of imide groups is 1. The maximum Gasteiger partial charge on any atom is 0.323 e. The van der Waals surface area contributed by atoms with Crippen LogP contribution in [0.5, 0.6) is 11.5 Å². The van der Waals surface area contributed by atoms with Crippen LogP contribution in [0, 0.1) is 11.3 Å². The first-order valence-electron chi connectivity index (χ1n) is 11.8. The lowest BCUT2D eigenvalue weighted by molar-refractivity contribution is -0.149. The number of benzene rings is 3. The highest BCUT2D eigenvalue weighted by molar-refractivity contribution is 6.19. The van der Waals surface area contributed by atoms with E-state index in [2.05, 4.69) is 0 Å². The van der Waals surface area contributed by atoms with E-state index in [0.717, 1.165) is 22.6 Å². The quantitative estimate of drug-likeness (QED) is 0.297. The predicted octanol–water partition coefficient (Wildman–Crippen LogP) is 4.80. The number of carboxylic acids is 1. The number of aliphatic carboxylic acids is 1. The molecule has 3 N–H and O–H groups in total. The molecule has 1 heterocycles. The predicted molar refractivity (Wildman–Crippen MR) is 144 cm³/mol. The molecule has 0 radical (unpaired) electrons. The molecule has 0 fully saturated rings. The van der Waals surface area contributed by atoms with E-state index in [9.17, 15) is 29.9 Å². The number of phenolic OH excluding ortho intramolecular Hbond substituents is 2. The lowest BCUT2D eigenvalue weighted by atomic mass is 9.95. The van der Waals surface area contributed by atoms with Gasteiger partial charge in [-0.3, -0.25) is 19.3 Å². The van der Waals surface area contributed by atoms with Crippen molar-refractivity contribution in [3.8, 4) is 17.6 Å². The summed E-state index contributed by atoms with van der Waals surface area (Å²) < 4.78 is 0. The molecule has 1 aliphatic rings. The van der Waals surface area contributed by atoms with E-state index >= 15 is 0 Å². The van der Waals surface area contributed by atoms with Crippen molar-refractivity contribution in [2.24, 2.45) is 0 Å². The number of hydrogen-bond donors (Lipinski definition) is 3. The van der Waals surface area contributed by atoms with Crippen LogP contribution in [0.15, 0.2) is 102 Å². The first-order valence-corrected chi connectivity index (χ1v) is 11.8. The largest absolute Gasteiger partial charge is 0.508 e. The summed E-state index contributed by atoms with van der Waals surface area (Å²) in [6.07, 6.45) is 4.77. The smallest absolute Gasteiger partial charge is 0.323 e. The summed E-state index contributed by atoms with van der Waals surface area (Å²) in [7, 11) is 0. The molecule has 3 aromatic rings. The Morgan fingerprint density at radius 1 is 0.872 bits per heavy atom.